The first-order chi connectivity index (χ1) is 20.1. The topological polar surface area (TPSA) is 84.8 Å². The number of benzene rings is 4. The van der Waals surface area contributed by atoms with Crippen molar-refractivity contribution in [2.75, 3.05) is 11.9 Å². The first-order valence-electron chi connectivity index (χ1n) is 12.9. The molecule has 1 aromatic heterocycles. The van der Waals surface area contributed by atoms with Crippen LogP contribution in [0.2, 0.25) is 0 Å². The van der Waals surface area contributed by atoms with Gasteiger partial charge in [-0.25, -0.2) is 14.8 Å². The molecule has 0 aliphatic carbocycles. The largest absolute Gasteiger partial charge is 0.490 e. The van der Waals surface area contributed by atoms with Crippen LogP contribution in [0.3, 0.4) is 0 Å². The van der Waals surface area contributed by atoms with Crippen LogP contribution in [0.15, 0.2) is 108 Å². The minimum absolute atomic E-state index is 0.0727. The molecule has 41 heavy (non-hydrogen) atoms. The van der Waals surface area contributed by atoms with E-state index in [0.717, 1.165) is 22.1 Å². The Morgan fingerprint density at radius 3 is 2.51 bits per heavy atom. The Kier molecular flexibility index (Phi) is 8.98. The van der Waals surface area contributed by atoms with E-state index in [9.17, 15) is 9.18 Å². The highest BCUT2D eigenvalue weighted by Crippen LogP contribution is 2.29. The average Bonchev–Trinajstić information content (AvgIpc) is 3.46. The van der Waals surface area contributed by atoms with Crippen molar-refractivity contribution in [1.29, 1.82) is 0 Å². The van der Waals surface area contributed by atoms with E-state index in [0.29, 0.717) is 34.8 Å². The van der Waals surface area contributed by atoms with Gasteiger partial charge >= 0.3 is 0 Å². The monoisotopic (exact) mass is 566 g/mol. The van der Waals surface area contributed by atoms with Gasteiger partial charge in [-0.3, -0.25) is 4.79 Å². The minimum Gasteiger partial charge on any atom is -0.490 e. The number of hydrazone groups is 1. The van der Waals surface area contributed by atoms with Crippen molar-refractivity contribution in [2.24, 2.45) is 5.10 Å². The molecule has 0 aliphatic rings. The fourth-order valence-electron chi connectivity index (χ4n) is 3.89. The van der Waals surface area contributed by atoms with Crippen LogP contribution in [0, 0.1) is 5.82 Å². The van der Waals surface area contributed by atoms with Gasteiger partial charge in [0.1, 0.15) is 12.4 Å². The van der Waals surface area contributed by atoms with Crippen molar-refractivity contribution < 1.29 is 18.7 Å². The Morgan fingerprint density at radius 2 is 1.73 bits per heavy atom. The average molecular weight is 567 g/mol. The number of aromatic nitrogens is 1. The summed E-state index contributed by atoms with van der Waals surface area (Å²) in [6.07, 6.45) is 1.52. The Hall–Kier alpha value is -5.02. The lowest BCUT2D eigenvalue weighted by Crippen LogP contribution is -2.17. The maximum absolute atomic E-state index is 13.9. The molecule has 206 valence electrons. The number of anilines is 2. The SMILES string of the molecule is CCOc1cc(/C=N\NC(=O)c2ccc(-c3csc(Nc4ccccc4)n3)cc2)ccc1OCc1ccccc1F. The summed E-state index contributed by atoms with van der Waals surface area (Å²) in [4.78, 5) is 17.3. The van der Waals surface area contributed by atoms with E-state index in [4.69, 9.17) is 9.47 Å². The Morgan fingerprint density at radius 1 is 0.951 bits per heavy atom. The Labute approximate surface area is 241 Å². The molecule has 2 N–H and O–H groups in total. The molecule has 0 spiro atoms. The number of para-hydroxylation sites is 1. The van der Waals surface area contributed by atoms with Crippen LogP contribution >= 0.6 is 11.3 Å². The van der Waals surface area contributed by atoms with Gasteiger partial charge in [0.25, 0.3) is 5.91 Å². The molecule has 5 aromatic rings. The number of nitrogens with zero attached hydrogens (tertiary/aromatic N) is 2. The first kappa shape index (κ1) is 27.5. The van der Waals surface area contributed by atoms with Crippen LogP contribution in [0.1, 0.15) is 28.4 Å². The zero-order valence-corrected chi connectivity index (χ0v) is 23.0. The summed E-state index contributed by atoms with van der Waals surface area (Å²) in [5.74, 6) is 0.318. The number of hydrogen-bond acceptors (Lipinski definition) is 7. The van der Waals surface area contributed by atoms with Gasteiger partial charge in [0.15, 0.2) is 16.6 Å². The van der Waals surface area contributed by atoms with Gasteiger partial charge in [0.2, 0.25) is 0 Å². The number of carbonyl (C=O) groups excluding carboxylic acids is 1. The fraction of sp³-hybridized carbons (Fsp3) is 0.0938. The van der Waals surface area contributed by atoms with Crippen LogP contribution in [0.5, 0.6) is 11.5 Å². The number of carbonyl (C=O) groups is 1. The van der Waals surface area contributed by atoms with E-state index < -0.39 is 0 Å². The summed E-state index contributed by atoms with van der Waals surface area (Å²) >= 11 is 1.51. The lowest BCUT2D eigenvalue weighted by molar-refractivity contribution is 0.0955. The third-order valence-electron chi connectivity index (χ3n) is 5.96. The van der Waals surface area contributed by atoms with Crippen molar-refractivity contribution in [3.05, 3.63) is 125 Å². The van der Waals surface area contributed by atoms with Crippen molar-refractivity contribution in [3.8, 4) is 22.8 Å². The second-order valence-corrected chi connectivity index (χ2v) is 9.68. The van der Waals surface area contributed by atoms with Crippen molar-refractivity contribution in [2.45, 2.75) is 13.5 Å². The molecular weight excluding hydrogens is 539 g/mol. The molecule has 0 aliphatic heterocycles. The zero-order valence-electron chi connectivity index (χ0n) is 22.2. The number of halogens is 1. The molecular formula is C32H27FN4O3S. The molecule has 7 nitrogen and oxygen atoms in total. The minimum atomic E-state index is -0.340. The summed E-state index contributed by atoms with van der Waals surface area (Å²) in [6.45, 7) is 2.36. The molecule has 5 rings (SSSR count). The van der Waals surface area contributed by atoms with E-state index in [-0.39, 0.29) is 18.3 Å². The van der Waals surface area contributed by atoms with E-state index in [1.54, 1.807) is 48.5 Å². The van der Waals surface area contributed by atoms with Crippen molar-refractivity contribution in [3.63, 3.8) is 0 Å². The Bertz CT molecular complexity index is 1640. The highest BCUT2D eigenvalue weighted by atomic mass is 32.1. The molecule has 0 saturated carbocycles. The summed E-state index contributed by atoms with van der Waals surface area (Å²) in [7, 11) is 0. The highest BCUT2D eigenvalue weighted by Gasteiger charge is 2.10. The second kappa shape index (κ2) is 13.4. The zero-order chi connectivity index (χ0) is 28.4. The Balaban J connectivity index is 1.18. The van der Waals surface area contributed by atoms with Gasteiger partial charge in [-0.1, -0.05) is 48.5 Å². The van der Waals surface area contributed by atoms with Crippen LogP contribution in [0.4, 0.5) is 15.2 Å². The predicted octanol–water partition coefficient (Wildman–Crippen LogP) is 7.43. The van der Waals surface area contributed by atoms with Gasteiger partial charge in [-0.05, 0) is 61.0 Å². The summed E-state index contributed by atoms with van der Waals surface area (Å²) in [6, 6.07) is 28.7. The van der Waals surface area contributed by atoms with E-state index in [2.05, 4.69) is 20.8 Å². The maximum Gasteiger partial charge on any atom is 0.271 e. The van der Waals surface area contributed by atoms with Crippen LogP contribution in [-0.4, -0.2) is 23.7 Å². The van der Waals surface area contributed by atoms with Crippen LogP contribution in [-0.2, 0) is 6.61 Å². The molecule has 0 bridgehead atoms. The number of rotatable bonds is 11. The van der Waals surface area contributed by atoms with E-state index >= 15 is 0 Å². The molecule has 0 fully saturated rings. The third kappa shape index (κ3) is 7.34. The lowest BCUT2D eigenvalue weighted by Gasteiger charge is -2.13. The molecule has 1 heterocycles. The number of hydrogen-bond donors (Lipinski definition) is 2. The van der Waals surface area contributed by atoms with Gasteiger partial charge in [-0.2, -0.15) is 5.10 Å². The second-order valence-electron chi connectivity index (χ2n) is 8.82. The number of ether oxygens (including phenoxy) is 2. The fourth-order valence-corrected chi connectivity index (χ4v) is 4.63. The standard InChI is InChI=1S/C32H27FN4O3S/c1-2-39-30-18-22(12-17-29(30)40-20-25-8-6-7-11-27(25)33)19-34-37-31(38)24-15-13-23(14-16-24)28-21-41-32(36-28)35-26-9-4-3-5-10-26/h3-19,21H,2,20H2,1H3,(H,35,36)(H,37,38)/b34-19-. The summed E-state index contributed by atoms with van der Waals surface area (Å²) < 4.78 is 25.4. The van der Waals surface area contributed by atoms with Gasteiger partial charge in [0.05, 0.1) is 18.5 Å². The smallest absolute Gasteiger partial charge is 0.271 e. The van der Waals surface area contributed by atoms with Crippen molar-refractivity contribution >= 4 is 34.3 Å². The number of nitrogens with one attached hydrogen (secondary N) is 2. The molecule has 4 aromatic carbocycles. The summed E-state index contributed by atoms with van der Waals surface area (Å²) in [5, 5.41) is 10.1. The van der Waals surface area contributed by atoms with E-state index in [1.165, 1.54) is 23.6 Å². The molecule has 0 saturated heterocycles. The molecule has 0 radical (unpaired) electrons. The predicted molar refractivity (Wildman–Crippen MR) is 161 cm³/mol. The number of amides is 1. The number of thiazole rings is 1. The lowest BCUT2D eigenvalue weighted by atomic mass is 10.1. The van der Waals surface area contributed by atoms with Gasteiger partial charge in [0, 0.05) is 27.8 Å². The summed E-state index contributed by atoms with van der Waals surface area (Å²) in [5.41, 5.74) is 6.87. The van der Waals surface area contributed by atoms with Gasteiger partial charge in [-0.15, -0.1) is 11.3 Å². The molecule has 1 amide bonds. The first-order valence-corrected chi connectivity index (χ1v) is 13.8. The van der Waals surface area contributed by atoms with Crippen molar-refractivity contribution in [1.82, 2.24) is 10.4 Å². The van der Waals surface area contributed by atoms with Crippen LogP contribution < -0.4 is 20.2 Å². The van der Waals surface area contributed by atoms with Gasteiger partial charge < -0.3 is 14.8 Å². The third-order valence-corrected chi connectivity index (χ3v) is 6.72. The van der Waals surface area contributed by atoms with Crippen LogP contribution in [0.25, 0.3) is 11.3 Å². The molecule has 9 heteroatoms. The molecule has 0 atom stereocenters. The highest BCUT2D eigenvalue weighted by molar-refractivity contribution is 7.14. The normalized spacial score (nSPS) is 10.9. The maximum atomic E-state index is 13.9. The quantitative estimate of drug-likeness (QED) is 0.128. The van der Waals surface area contributed by atoms with E-state index in [1.807, 2.05) is 54.8 Å². The molecule has 0 unspecified atom stereocenters.